The number of amides is 3. The first-order valence-electron chi connectivity index (χ1n) is 7.67. The lowest BCUT2D eigenvalue weighted by molar-refractivity contribution is -0.152. The molecule has 0 aromatic heterocycles. The molecule has 0 unspecified atom stereocenters. The average Bonchev–Trinajstić information content (AvgIpc) is 2.57. The van der Waals surface area contributed by atoms with E-state index < -0.39 is 12.1 Å². The molecule has 2 heterocycles. The number of halogens is 1. The van der Waals surface area contributed by atoms with E-state index in [9.17, 15) is 14.4 Å². The molecule has 23 heavy (non-hydrogen) atoms. The molecule has 2 aliphatic heterocycles. The maximum absolute atomic E-state index is 12.6. The Morgan fingerprint density at radius 1 is 1.35 bits per heavy atom. The fraction of sp³-hybridized carbons (Fsp3) is 0.438. The van der Waals surface area contributed by atoms with Crippen LogP contribution < -0.4 is 5.32 Å². The van der Waals surface area contributed by atoms with E-state index in [1.54, 1.807) is 34.1 Å². The molecule has 7 heteroatoms. The minimum absolute atomic E-state index is 0.0630. The molecule has 0 bridgehead atoms. The average molecular weight is 336 g/mol. The Morgan fingerprint density at radius 3 is 2.83 bits per heavy atom. The zero-order valence-electron chi connectivity index (χ0n) is 12.8. The van der Waals surface area contributed by atoms with Crippen molar-refractivity contribution in [3.8, 4) is 0 Å². The van der Waals surface area contributed by atoms with Gasteiger partial charge in [-0.1, -0.05) is 24.6 Å². The van der Waals surface area contributed by atoms with Crippen LogP contribution in [0.5, 0.6) is 0 Å². The first-order valence-corrected chi connectivity index (χ1v) is 8.04. The number of nitrogens with zero attached hydrogens (tertiary/aromatic N) is 2. The highest BCUT2D eigenvalue weighted by molar-refractivity contribution is 6.30. The molecule has 2 saturated heterocycles. The molecule has 0 spiro atoms. The van der Waals surface area contributed by atoms with Gasteiger partial charge in [-0.05, 0) is 24.6 Å². The van der Waals surface area contributed by atoms with Gasteiger partial charge in [-0.25, -0.2) is 0 Å². The molecule has 6 nitrogen and oxygen atoms in total. The Balaban J connectivity index is 1.76. The molecule has 1 aromatic rings. The zero-order valence-corrected chi connectivity index (χ0v) is 13.5. The van der Waals surface area contributed by atoms with Crippen LogP contribution in [0.25, 0.3) is 0 Å². The maximum Gasteiger partial charge on any atom is 0.254 e. The summed E-state index contributed by atoms with van der Waals surface area (Å²) in [5, 5.41) is 3.23. The maximum atomic E-state index is 12.6. The second kappa shape index (κ2) is 6.20. The molecule has 0 radical (unpaired) electrons. The van der Waals surface area contributed by atoms with Gasteiger partial charge in [0.2, 0.25) is 11.8 Å². The Kier molecular flexibility index (Phi) is 4.26. The van der Waals surface area contributed by atoms with Crippen molar-refractivity contribution in [2.24, 2.45) is 0 Å². The van der Waals surface area contributed by atoms with Crippen LogP contribution >= 0.6 is 11.6 Å². The quantitative estimate of drug-likeness (QED) is 0.873. The van der Waals surface area contributed by atoms with E-state index in [0.717, 1.165) is 0 Å². The van der Waals surface area contributed by atoms with Crippen molar-refractivity contribution < 1.29 is 14.4 Å². The number of nitrogens with one attached hydrogen (secondary N) is 1. The summed E-state index contributed by atoms with van der Waals surface area (Å²) in [6.07, 6.45) is 0.568. The molecule has 0 aliphatic carbocycles. The second-order valence-corrected chi connectivity index (χ2v) is 6.21. The fourth-order valence-electron chi connectivity index (χ4n) is 3.07. The van der Waals surface area contributed by atoms with Crippen molar-refractivity contribution in [2.45, 2.75) is 25.4 Å². The van der Waals surface area contributed by atoms with Gasteiger partial charge in [0.1, 0.15) is 12.1 Å². The van der Waals surface area contributed by atoms with Crippen molar-refractivity contribution in [2.75, 3.05) is 19.6 Å². The lowest BCUT2D eigenvalue weighted by Crippen LogP contribution is -2.69. The highest BCUT2D eigenvalue weighted by atomic mass is 35.5. The first kappa shape index (κ1) is 15.8. The van der Waals surface area contributed by atoms with Gasteiger partial charge in [0.25, 0.3) is 5.91 Å². The van der Waals surface area contributed by atoms with Gasteiger partial charge in [-0.15, -0.1) is 0 Å². The Labute approximate surface area is 139 Å². The van der Waals surface area contributed by atoms with Gasteiger partial charge in [0.15, 0.2) is 0 Å². The summed E-state index contributed by atoms with van der Waals surface area (Å²) < 4.78 is 0. The Hall–Kier alpha value is -2.08. The molecule has 122 valence electrons. The number of fused-ring (bicyclic) bond motifs is 1. The normalized spacial score (nSPS) is 24.3. The van der Waals surface area contributed by atoms with Crippen molar-refractivity contribution >= 4 is 29.3 Å². The van der Waals surface area contributed by atoms with Crippen molar-refractivity contribution in [3.63, 3.8) is 0 Å². The van der Waals surface area contributed by atoms with E-state index in [1.165, 1.54) is 0 Å². The van der Waals surface area contributed by atoms with E-state index in [1.807, 2.05) is 6.92 Å². The summed E-state index contributed by atoms with van der Waals surface area (Å²) in [7, 11) is 0. The lowest BCUT2D eigenvalue weighted by atomic mass is 10.0. The minimum atomic E-state index is -0.609. The molecule has 2 atom stereocenters. The molecular weight excluding hydrogens is 318 g/mol. The van der Waals surface area contributed by atoms with Crippen LogP contribution in [0.1, 0.15) is 23.7 Å². The summed E-state index contributed by atoms with van der Waals surface area (Å²) >= 11 is 5.93. The van der Waals surface area contributed by atoms with E-state index >= 15 is 0 Å². The summed E-state index contributed by atoms with van der Waals surface area (Å²) in [4.78, 5) is 40.3. The van der Waals surface area contributed by atoms with Crippen molar-refractivity contribution in [1.82, 2.24) is 15.1 Å². The summed E-state index contributed by atoms with van der Waals surface area (Å²) in [5.41, 5.74) is 0.486. The molecule has 3 rings (SSSR count). The Morgan fingerprint density at radius 2 is 2.13 bits per heavy atom. The number of hydrogen-bond acceptors (Lipinski definition) is 3. The van der Waals surface area contributed by atoms with Crippen LogP contribution in [0.4, 0.5) is 0 Å². The highest BCUT2D eigenvalue weighted by Gasteiger charge is 2.43. The van der Waals surface area contributed by atoms with E-state index in [-0.39, 0.29) is 24.3 Å². The van der Waals surface area contributed by atoms with Gasteiger partial charge >= 0.3 is 0 Å². The Bertz CT molecular complexity index is 664. The second-order valence-electron chi connectivity index (χ2n) is 5.78. The summed E-state index contributed by atoms with van der Waals surface area (Å²) in [5.74, 6) is -0.433. The van der Waals surface area contributed by atoms with E-state index in [4.69, 9.17) is 11.6 Å². The number of piperazine rings is 2. The fourth-order valence-corrected chi connectivity index (χ4v) is 3.26. The van der Waals surface area contributed by atoms with Crippen LogP contribution in [-0.2, 0) is 9.59 Å². The van der Waals surface area contributed by atoms with Gasteiger partial charge in [0.05, 0.1) is 6.54 Å². The molecule has 2 aliphatic rings. The van der Waals surface area contributed by atoms with E-state index in [0.29, 0.717) is 30.1 Å². The standard InChI is InChI=1S/C16H18ClN3O3/c1-2-12-16(23)20-7-6-19(9-13(20)14(21)18-12)15(22)10-4-3-5-11(17)8-10/h3-5,8,12-13H,2,6-7,9H2,1H3,(H,18,21)/t12-,13+/m0/s1. The molecule has 0 saturated carbocycles. The van der Waals surface area contributed by atoms with Crippen LogP contribution in [0, 0.1) is 0 Å². The number of rotatable bonds is 2. The molecule has 2 fully saturated rings. The molecule has 3 amide bonds. The summed E-state index contributed by atoms with van der Waals surface area (Å²) in [6.45, 7) is 2.86. The first-order chi connectivity index (χ1) is 11.0. The monoisotopic (exact) mass is 335 g/mol. The number of carbonyl (C=O) groups excluding carboxylic acids is 3. The minimum Gasteiger partial charge on any atom is -0.342 e. The number of carbonyl (C=O) groups is 3. The third kappa shape index (κ3) is 2.91. The van der Waals surface area contributed by atoms with Crippen LogP contribution in [0.15, 0.2) is 24.3 Å². The third-order valence-electron chi connectivity index (χ3n) is 4.35. The van der Waals surface area contributed by atoms with E-state index in [2.05, 4.69) is 5.32 Å². The number of hydrogen-bond donors (Lipinski definition) is 1. The number of benzene rings is 1. The van der Waals surface area contributed by atoms with Gasteiger partial charge in [-0.3, -0.25) is 14.4 Å². The zero-order chi connectivity index (χ0) is 16.6. The smallest absolute Gasteiger partial charge is 0.254 e. The van der Waals surface area contributed by atoms with Gasteiger partial charge < -0.3 is 15.1 Å². The van der Waals surface area contributed by atoms with Crippen LogP contribution in [-0.4, -0.2) is 59.2 Å². The highest BCUT2D eigenvalue weighted by Crippen LogP contribution is 2.20. The predicted molar refractivity (Wildman–Crippen MR) is 85.1 cm³/mol. The topological polar surface area (TPSA) is 69.7 Å². The third-order valence-corrected chi connectivity index (χ3v) is 4.58. The predicted octanol–water partition coefficient (Wildman–Crippen LogP) is 0.901. The van der Waals surface area contributed by atoms with Crippen LogP contribution in [0.2, 0.25) is 5.02 Å². The van der Waals surface area contributed by atoms with Crippen molar-refractivity contribution in [3.05, 3.63) is 34.9 Å². The van der Waals surface area contributed by atoms with Crippen molar-refractivity contribution in [1.29, 1.82) is 0 Å². The molecular formula is C16H18ClN3O3. The molecule has 1 aromatic carbocycles. The lowest BCUT2D eigenvalue weighted by Gasteiger charge is -2.45. The molecule has 1 N–H and O–H groups in total. The largest absolute Gasteiger partial charge is 0.342 e. The van der Waals surface area contributed by atoms with Gasteiger partial charge in [-0.2, -0.15) is 0 Å². The van der Waals surface area contributed by atoms with Gasteiger partial charge in [0, 0.05) is 23.7 Å². The summed E-state index contributed by atoms with van der Waals surface area (Å²) in [6, 6.07) is 5.66. The van der Waals surface area contributed by atoms with Crippen LogP contribution in [0.3, 0.4) is 0 Å². The SMILES string of the molecule is CC[C@@H]1NC(=O)[C@H]2CN(C(=O)c3cccc(Cl)c3)CCN2C1=O.